The molecule has 0 radical (unpaired) electrons. The zero-order valence-corrected chi connectivity index (χ0v) is 18.3. The van der Waals surface area contributed by atoms with E-state index in [0.717, 1.165) is 30.4 Å². The van der Waals surface area contributed by atoms with Crippen molar-refractivity contribution in [3.63, 3.8) is 0 Å². The number of carbonyl (C=O) groups excluding carboxylic acids is 2. The highest BCUT2D eigenvalue weighted by Gasteiger charge is 2.41. The van der Waals surface area contributed by atoms with E-state index < -0.39 is 24.0 Å². The van der Waals surface area contributed by atoms with Crippen molar-refractivity contribution in [2.24, 2.45) is 11.8 Å². The molecule has 0 aliphatic heterocycles. The largest absolute Gasteiger partial charge is 0.480 e. The lowest BCUT2D eigenvalue weighted by molar-refractivity contribution is -0.143. The molecular formula is C26H28N2O5. The number of fused-ring (bicyclic) bond motifs is 3. The maximum atomic E-state index is 12.8. The Hall–Kier alpha value is -3.35. The SMILES string of the molecule is O=C(N[C@H]1CCC[C@H]1C(=O)NC(C(=O)O)C1CC1)OCC1c2ccccc2-c2ccccc21. The van der Waals surface area contributed by atoms with Gasteiger partial charge in [0, 0.05) is 12.0 Å². The van der Waals surface area contributed by atoms with E-state index in [0.29, 0.717) is 12.8 Å². The predicted molar refractivity (Wildman–Crippen MR) is 122 cm³/mol. The Bertz CT molecular complexity index is 1030. The fourth-order valence-corrected chi connectivity index (χ4v) is 5.31. The molecule has 0 heterocycles. The highest BCUT2D eigenvalue weighted by molar-refractivity contribution is 5.86. The van der Waals surface area contributed by atoms with E-state index in [-0.39, 0.29) is 30.4 Å². The summed E-state index contributed by atoms with van der Waals surface area (Å²) in [6.45, 7) is 0.214. The Morgan fingerprint density at radius 3 is 2.18 bits per heavy atom. The third kappa shape index (κ3) is 4.32. The van der Waals surface area contributed by atoms with Crippen molar-refractivity contribution in [3.8, 4) is 11.1 Å². The van der Waals surface area contributed by atoms with Crippen molar-refractivity contribution in [2.45, 2.75) is 50.1 Å². The topological polar surface area (TPSA) is 105 Å². The van der Waals surface area contributed by atoms with Crippen LogP contribution in [0.2, 0.25) is 0 Å². The molecule has 3 aliphatic rings. The van der Waals surface area contributed by atoms with Crippen LogP contribution in [0.3, 0.4) is 0 Å². The standard InChI is InChI=1S/C26H28N2O5/c29-24(28-23(25(30)31)15-12-13-15)20-10-5-11-22(20)27-26(32)33-14-21-18-8-3-1-6-16(18)17-7-2-4-9-19(17)21/h1-4,6-9,15,20-23H,5,10-14H2,(H,27,32)(H,28,29)(H,30,31)/t20-,22+,23?/m1/s1. The van der Waals surface area contributed by atoms with Gasteiger partial charge >= 0.3 is 12.1 Å². The van der Waals surface area contributed by atoms with E-state index in [9.17, 15) is 19.5 Å². The minimum Gasteiger partial charge on any atom is -0.480 e. The van der Waals surface area contributed by atoms with Crippen molar-refractivity contribution in [1.82, 2.24) is 10.6 Å². The first-order valence-electron chi connectivity index (χ1n) is 11.7. The minimum atomic E-state index is -0.995. The molecule has 0 saturated heterocycles. The maximum Gasteiger partial charge on any atom is 0.407 e. The van der Waals surface area contributed by atoms with E-state index in [4.69, 9.17) is 4.74 Å². The molecule has 7 nitrogen and oxygen atoms in total. The lowest BCUT2D eigenvalue weighted by Gasteiger charge is -2.23. The van der Waals surface area contributed by atoms with Crippen molar-refractivity contribution in [1.29, 1.82) is 0 Å². The Kier molecular flexibility index (Phi) is 5.79. The van der Waals surface area contributed by atoms with Crippen LogP contribution in [0.5, 0.6) is 0 Å². The quantitative estimate of drug-likeness (QED) is 0.599. The summed E-state index contributed by atoms with van der Waals surface area (Å²) in [4.78, 5) is 36.9. The number of carboxylic acids is 1. The van der Waals surface area contributed by atoms with Crippen molar-refractivity contribution in [3.05, 3.63) is 59.7 Å². The fraction of sp³-hybridized carbons (Fsp3) is 0.423. The van der Waals surface area contributed by atoms with Crippen LogP contribution >= 0.6 is 0 Å². The van der Waals surface area contributed by atoms with E-state index in [1.54, 1.807) is 0 Å². The summed E-state index contributed by atoms with van der Waals surface area (Å²) < 4.78 is 5.62. The molecule has 5 rings (SSSR count). The number of hydrogen-bond donors (Lipinski definition) is 3. The number of carbonyl (C=O) groups is 3. The molecule has 2 amide bonds. The van der Waals surface area contributed by atoms with Gasteiger partial charge < -0.3 is 20.5 Å². The second-order valence-corrected chi connectivity index (χ2v) is 9.28. The summed E-state index contributed by atoms with van der Waals surface area (Å²) in [6, 6.07) is 15.1. The zero-order valence-electron chi connectivity index (χ0n) is 18.3. The van der Waals surface area contributed by atoms with Gasteiger partial charge in [-0.05, 0) is 53.9 Å². The van der Waals surface area contributed by atoms with Gasteiger partial charge in [0.25, 0.3) is 0 Å². The molecule has 1 unspecified atom stereocenters. The van der Waals surface area contributed by atoms with Crippen LogP contribution in [-0.2, 0) is 14.3 Å². The van der Waals surface area contributed by atoms with Crippen LogP contribution in [-0.4, -0.2) is 41.8 Å². The maximum absolute atomic E-state index is 12.8. The number of aliphatic carboxylic acids is 1. The Balaban J connectivity index is 1.20. The number of carboxylic acid groups (broad SMARTS) is 1. The average molecular weight is 449 g/mol. The second kappa shape index (κ2) is 8.89. The number of alkyl carbamates (subject to hydrolysis) is 1. The molecule has 7 heteroatoms. The number of ether oxygens (including phenoxy) is 1. The van der Waals surface area contributed by atoms with Gasteiger partial charge in [0.1, 0.15) is 12.6 Å². The molecule has 2 saturated carbocycles. The highest BCUT2D eigenvalue weighted by atomic mass is 16.5. The number of nitrogens with one attached hydrogen (secondary N) is 2. The molecule has 33 heavy (non-hydrogen) atoms. The van der Waals surface area contributed by atoms with Gasteiger partial charge in [0.2, 0.25) is 5.91 Å². The van der Waals surface area contributed by atoms with Gasteiger partial charge in [0.05, 0.1) is 5.92 Å². The molecule has 3 N–H and O–H groups in total. The molecule has 3 atom stereocenters. The first kappa shape index (κ1) is 21.5. The van der Waals surface area contributed by atoms with Gasteiger partial charge in [-0.2, -0.15) is 0 Å². The van der Waals surface area contributed by atoms with Gasteiger partial charge in [-0.25, -0.2) is 9.59 Å². The van der Waals surface area contributed by atoms with Gasteiger partial charge in [-0.15, -0.1) is 0 Å². The molecular weight excluding hydrogens is 420 g/mol. The smallest absolute Gasteiger partial charge is 0.407 e. The molecule has 0 aromatic heterocycles. The summed E-state index contributed by atoms with van der Waals surface area (Å²) in [5, 5.41) is 14.9. The number of amides is 2. The third-order valence-electron chi connectivity index (χ3n) is 7.16. The van der Waals surface area contributed by atoms with E-state index >= 15 is 0 Å². The Morgan fingerprint density at radius 2 is 1.58 bits per heavy atom. The number of hydrogen-bond acceptors (Lipinski definition) is 4. The molecule has 3 aliphatic carbocycles. The number of rotatable bonds is 7. The third-order valence-corrected chi connectivity index (χ3v) is 7.16. The lowest BCUT2D eigenvalue weighted by Crippen LogP contribution is -2.49. The first-order valence-corrected chi connectivity index (χ1v) is 11.7. The zero-order chi connectivity index (χ0) is 22.9. The van der Waals surface area contributed by atoms with Crippen LogP contribution in [0.15, 0.2) is 48.5 Å². The molecule has 2 fully saturated rings. The molecule has 172 valence electrons. The highest BCUT2D eigenvalue weighted by Crippen LogP contribution is 2.44. The van der Waals surface area contributed by atoms with Gasteiger partial charge in [-0.3, -0.25) is 4.79 Å². The summed E-state index contributed by atoms with van der Waals surface area (Å²) in [6.07, 6.45) is 3.19. The predicted octanol–water partition coefficient (Wildman–Crippen LogP) is 3.67. The number of benzene rings is 2. The van der Waals surface area contributed by atoms with Crippen molar-refractivity contribution >= 4 is 18.0 Å². The molecule has 0 bridgehead atoms. The van der Waals surface area contributed by atoms with Crippen LogP contribution in [0.25, 0.3) is 11.1 Å². The summed E-state index contributed by atoms with van der Waals surface area (Å²) in [5.41, 5.74) is 4.62. The van der Waals surface area contributed by atoms with Crippen molar-refractivity contribution in [2.75, 3.05) is 6.61 Å². The van der Waals surface area contributed by atoms with E-state index in [1.165, 1.54) is 11.1 Å². The molecule has 2 aromatic rings. The fourth-order valence-electron chi connectivity index (χ4n) is 5.31. The van der Waals surface area contributed by atoms with E-state index in [2.05, 4.69) is 34.9 Å². The lowest BCUT2D eigenvalue weighted by atomic mass is 9.98. The van der Waals surface area contributed by atoms with Crippen LogP contribution in [0, 0.1) is 11.8 Å². The monoisotopic (exact) mass is 448 g/mol. The van der Waals surface area contributed by atoms with Crippen LogP contribution < -0.4 is 10.6 Å². The summed E-state index contributed by atoms with van der Waals surface area (Å²) in [7, 11) is 0. The Morgan fingerprint density at radius 1 is 0.939 bits per heavy atom. The molecule has 0 spiro atoms. The van der Waals surface area contributed by atoms with Crippen LogP contribution in [0.4, 0.5) is 4.79 Å². The summed E-state index contributed by atoms with van der Waals surface area (Å²) in [5.74, 6) is -1.74. The Labute approximate surface area is 192 Å². The normalized spacial score (nSPS) is 22.2. The second-order valence-electron chi connectivity index (χ2n) is 9.28. The molecule has 2 aromatic carbocycles. The van der Waals surface area contributed by atoms with Gasteiger partial charge in [-0.1, -0.05) is 55.0 Å². The van der Waals surface area contributed by atoms with E-state index in [1.807, 2.05) is 24.3 Å². The van der Waals surface area contributed by atoms with Gasteiger partial charge in [0.15, 0.2) is 0 Å². The first-order chi connectivity index (χ1) is 16.0. The van der Waals surface area contributed by atoms with Crippen LogP contribution in [0.1, 0.15) is 49.1 Å². The summed E-state index contributed by atoms with van der Waals surface area (Å²) >= 11 is 0. The average Bonchev–Trinajstić information content (AvgIpc) is 3.46. The van der Waals surface area contributed by atoms with Crippen molar-refractivity contribution < 1.29 is 24.2 Å². The minimum absolute atomic E-state index is 0.0152.